The second-order valence-electron chi connectivity index (χ2n) is 6.60. The minimum Gasteiger partial charge on any atom is -0.680 e. The molecule has 0 bridgehead atoms. The maximum absolute atomic E-state index is 5.04. The fourth-order valence-corrected chi connectivity index (χ4v) is 3.28. The molecule has 0 spiro atoms. The van der Waals surface area contributed by atoms with Crippen LogP contribution in [0.15, 0.2) is 48.5 Å². The van der Waals surface area contributed by atoms with Crippen LogP contribution in [0.5, 0.6) is 0 Å². The van der Waals surface area contributed by atoms with Gasteiger partial charge >= 0.3 is 25.8 Å². The molecule has 0 amide bonds. The zero-order chi connectivity index (χ0) is 15.8. The smallest absolute Gasteiger partial charge is 0.680 e. The summed E-state index contributed by atoms with van der Waals surface area (Å²) >= 11 is 0. The molecule has 26 heavy (non-hydrogen) atoms. The second-order valence-corrected chi connectivity index (χ2v) is 6.60. The molecule has 0 radical (unpaired) electrons. The number of fused-ring (bicyclic) bond motifs is 3. The van der Waals surface area contributed by atoms with Crippen molar-refractivity contribution in [1.82, 2.24) is 4.98 Å². The molecular formula is C23H26HfN2. The van der Waals surface area contributed by atoms with Gasteiger partial charge in [0.25, 0.3) is 0 Å². The molecule has 0 saturated carbocycles. The van der Waals surface area contributed by atoms with Crippen molar-refractivity contribution >= 4 is 16.6 Å². The van der Waals surface area contributed by atoms with Crippen molar-refractivity contribution in [1.29, 1.82) is 0 Å². The minimum atomic E-state index is 0. The summed E-state index contributed by atoms with van der Waals surface area (Å²) in [4.78, 5) is 4.93. The molecule has 2 aromatic carbocycles. The fraction of sp³-hybridized carbons (Fsp3) is 0.261. The van der Waals surface area contributed by atoms with E-state index in [1.807, 2.05) is 18.2 Å². The van der Waals surface area contributed by atoms with Gasteiger partial charge < -0.3 is 20.2 Å². The number of hydrogen-bond acceptors (Lipinski definition) is 1. The van der Waals surface area contributed by atoms with Crippen LogP contribution in [0.3, 0.4) is 0 Å². The zero-order valence-corrected chi connectivity index (χ0v) is 19.7. The van der Waals surface area contributed by atoms with Gasteiger partial charge in [-0.25, -0.2) is 0 Å². The van der Waals surface area contributed by atoms with Crippen molar-refractivity contribution in [2.45, 2.75) is 32.7 Å². The third-order valence-electron chi connectivity index (χ3n) is 4.68. The van der Waals surface area contributed by atoms with Gasteiger partial charge in [0.15, 0.2) is 0 Å². The van der Waals surface area contributed by atoms with Gasteiger partial charge in [-0.2, -0.15) is 0 Å². The van der Waals surface area contributed by atoms with Gasteiger partial charge in [-0.3, -0.25) is 4.98 Å². The van der Waals surface area contributed by atoms with Gasteiger partial charge in [-0.15, -0.1) is 47.6 Å². The summed E-state index contributed by atoms with van der Waals surface area (Å²) in [5.41, 5.74) is 5.46. The first kappa shape index (κ1) is 22.6. The van der Waals surface area contributed by atoms with Gasteiger partial charge in [0.05, 0.1) is 0 Å². The van der Waals surface area contributed by atoms with Crippen LogP contribution < -0.4 is 0 Å². The zero-order valence-electron chi connectivity index (χ0n) is 16.1. The summed E-state index contributed by atoms with van der Waals surface area (Å²) in [6.07, 6.45) is 2.24. The molecule has 2 heterocycles. The second kappa shape index (κ2) is 9.45. The number of nitrogens with zero attached hydrogens (tertiary/aromatic N) is 2. The van der Waals surface area contributed by atoms with E-state index in [2.05, 4.69) is 50.2 Å². The maximum Gasteiger partial charge on any atom is 4.00 e. The Kier molecular flexibility index (Phi) is 8.20. The molecule has 1 atom stereocenters. The Morgan fingerprint density at radius 2 is 1.85 bits per heavy atom. The Morgan fingerprint density at radius 1 is 1.08 bits per heavy atom. The Bertz CT molecular complexity index is 843. The van der Waals surface area contributed by atoms with Crippen LogP contribution in [0.25, 0.3) is 27.5 Å². The van der Waals surface area contributed by atoms with Crippen molar-refractivity contribution in [3.05, 3.63) is 80.3 Å². The Hall–Kier alpha value is -1.48. The van der Waals surface area contributed by atoms with E-state index in [1.165, 1.54) is 5.56 Å². The van der Waals surface area contributed by atoms with E-state index in [1.54, 1.807) is 0 Å². The van der Waals surface area contributed by atoms with Crippen LogP contribution in [0.1, 0.15) is 25.8 Å². The number of rotatable bonds is 2. The van der Waals surface area contributed by atoms with Gasteiger partial charge in [-0.1, -0.05) is 56.0 Å². The topological polar surface area (TPSA) is 27.0 Å². The monoisotopic (exact) mass is 510 g/mol. The molecule has 3 aromatic rings. The van der Waals surface area contributed by atoms with Gasteiger partial charge in [-0.05, 0) is 17.5 Å². The largest absolute Gasteiger partial charge is 4.00 e. The summed E-state index contributed by atoms with van der Waals surface area (Å²) in [5, 5.41) is 6.20. The van der Waals surface area contributed by atoms with Crippen molar-refractivity contribution in [2.24, 2.45) is 5.92 Å². The van der Waals surface area contributed by atoms with Gasteiger partial charge in [0, 0.05) is 5.52 Å². The van der Waals surface area contributed by atoms with Crippen LogP contribution in [-0.2, 0) is 32.3 Å². The van der Waals surface area contributed by atoms with Crippen LogP contribution in [0.4, 0.5) is 5.69 Å². The molecular weight excluding hydrogens is 483 g/mol. The van der Waals surface area contributed by atoms with E-state index in [9.17, 15) is 0 Å². The van der Waals surface area contributed by atoms with Crippen molar-refractivity contribution < 1.29 is 25.8 Å². The SMILES string of the molecule is CC(C)C1CCc2ccc3ccc(-c4[c-]cccc4)nc3c2[N-]1.[CH3-].[CH3-].[Hf+4]. The fourth-order valence-electron chi connectivity index (χ4n) is 3.28. The van der Waals surface area contributed by atoms with Crippen LogP contribution >= 0.6 is 0 Å². The number of pyridine rings is 1. The summed E-state index contributed by atoms with van der Waals surface area (Å²) in [6, 6.07) is 20.3. The third-order valence-corrected chi connectivity index (χ3v) is 4.68. The summed E-state index contributed by atoms with van der Waals surface area (Å²) in [7, 11) is 0. The van der Waals surface area contributed by atoms with E-state index in [0.29, 0.717) is 12.0 Å². The van der Waals surface area contributed by atoms with Crippen molar-refractivity contribution in [2.75, 3.05) is 0 Å². The molecule has 0 N–H and O–H groups in total. The third kappa shape index (κ3) is 4.25. The summed E-state index contributed by atoms with van der Waals surface area (Å²) < 4.78 is 0. The average Bonchev–Trinajstić information content (AvgIpc) is 2.61. The molecule has 132 valence electrons. The van der Waals surface area contributed by atoms with E-state index >= 15 is 0 Å². The number of aromatic nitrogens is 1. The first-order valence-corrected chi connectivity index (χ1v) is 8.33. The number of benzene rings is 2. The molecule has 2 nitrogen and oxygen atoms in total. The first-order chi connectivity index (χ1) is 11.2. The molecule has 0 fully saturated rings. The number of aryl methyl sites for hydroxylation is 1. The van der Waals surface area contributed by atoms with Gasteiger partial charge in [0.1, 0.15) is 0 Å². The number of hydrogen-bond donors (Lipinski definition) is 0. The molecule has 1 aliphatic rings. The predicted molar refractivity (Wildman–Crippen MR) is 109 cm³/mol. The maximum atomic E-state index is 5.04. The van der Waals surface area contributed by atoms with E-state index in [4.69, 9.17) is 10.3 Å². The molecule has 0 saturated heterocycles. The standard InChI is InChI=1S/C21H20N2.2CH3.Hf/c1-14(2)18-12-10-16-8-9-17-11-13-19(15-6-4-3-5-7-15)23-21(17)20(16)22-18;;;/h3-6,8-9,11,13-14,18H,10,12H2,1-2H3;2*1H3;/q-2;2*-1;+4. The summed E-state index contributed by atoms with van der Waals surface area (Å²) in [6.45, 7) is 4.50. The Balaban J connectivity index is 0.00000113. The Morgan fingerprint density at radius 3 is 2.54 bits per heavy atom. The Labute approximate surface area is 177 Å². The first-order valence-electron chi connectivity index (χ1n) is 8.33. The van der Waals surface area contributed by atoms with Gasteiger partial charge in [0.2, 0.25) is 0 Å². The van der Waals surface area contributed by atoms with Crippen molar-refractivity contribution in [3.8, 4) is 11.3 Å². The molecule has 0 aliphatic carbocycles. The van der Waals surface area contributed by atoms with E-state index in [0.717, 1.165) is 40.7 Å². The average molecular weight is 509 g/mol. The normalized spacial score (nSPS) is 15.1. The van der Waals surface area contributed by atoms with Crippen LogP contribution in [0, 0.1) is 26.8 Å². The van der Waals surface area contributed by atoms with Crippen molar-refractivity contribution in [3.63, 3.8) is 0 Å². The minimum absolute atomic E-state index is 0. The van der Waals surface area contributed by atoms with E-state index < -0.39 is 0 Å². The molecule has 4 rings (SSSR count). The molecule has 1 unspecified atom stereocenters. The summed E-state index contributed by atoms with van der Waals surface area (Å²) in [5.74, 6) is 0.573. The quantitative estimate of drug-likeness (QED) is 0.284. The van der Waals surface area contributed by atoms with E-state index in [-0.39, 0.29) is 40.7 Å². The molecule has 3 heteroatoms. The van der Waals surface area contributed by atoms with Crippen LogP contribution in [-0.4, -0.2) is 11.0 Å². The predicted octanol–water partition coefficient (Wildman–Crippen LogP) is 6.58. The molecule has 1 aromatic heterocycles. The van der Waals surface area contributed by atoms with Crippen LogP contribution in [0.2, 0.25) is 0 Å². The molecule has 1 aliphatic heterocycles.